The molecule has 4 rings (SSSR count). The van der Waals surface area contributed by atoms with Crippen molar-refractivity contribution in [3.05, 3.63) is 28.8 Å². The lowest BCUT2D eigenvalue weighted by molar-refractivity contribution is 0.0322. The average molecular weight is 380 g/mol. The van der Waals surface area contributed by atoms with Crippen LogP contribution in [0.25, 0.3) is 0 Å². The molecule has 0 saturated carbocycles. The smallest absolute Gasteiger partial charge is 0.137 e. The molecule has 3 saturated heterocycles. The topological polar surface area (TPSA) is 37.0 Å². The Bertz CT molecular complexity index is 601. The Balaban J connectivity index is 1.26. The van der Waals surface area contributed by atoms with Gasteiger partial charge in [0, 0.05) is 39.3 Å². The second kappa shape index (κ2) is 8.44. The molecule has 0 radical (unpaired) electrons. The summed E-state index contributed by atoms with van der Waals surface area (Å²) in [5.74, 6) is 0.793. The number of halogens is 1. The third kappa shape index (κ3) is 4.52. The van der Waals surface area contributed by atoms with Gasteiger partial charge in [-0.15, -0.1) is 0 Å². The zero-order valence-electron chi connectivity index (χ0n) is 15.5. The van der Waals surface area contributed by atoms with E-state index in [0.29, 0.717) is 12.0 Å². The van der Waals surface area contributed by atoms with Crippen LogP contribution < -0.4 is 10.1 Å². The fraction of sp³-hybridized carbons (Fsp3) is 0.700. The fourth-order valence-electron chi connectivity index (χ4n) is 4.43. The van der Waals surface area contributed by atoms with Gasteiger partial charge in [-0.3, -0.25) is 9.80 Å². The average Bonchev–Trinajstić information content (AvgIpc) is 3.28. The first-order valence-corrected chi connectivity index (χ1v) is 10.2. The highest BCUT2D eigenvalue weighted by atomic mass is 35.5. The standard InChI is InChI=1S/C20H30ClN3O2/c21-18-13-17(14-24-6-4-20(16-24)3-5-22-15-20)1-2-19(18)26-12-9-23-7-10-25-11-8-23/h1-2,13,22H,3-12,14-16H2. The van der Waals surface area contributed by atoms with Crippen molar-refractivity contribution in [1.29, 1.82) is 0 Å². The van der Waals surface area contributed by atoms with E-state index in [1.165, 1.54) is 44.6 Å². The number of nitrogens with zero attached hydrogens (tertiary/aromatic N) is 2. The molecule has 3 aliphatic heterocycles. The van der Waals surface area contributed by atoms with Crippen LogP contribution in [-0.4, -0.2) is 75.4 Å². The molecule has 5 nitrogen and oxygen atoms in total. The molecule has 1 spiro atoms. The van der Waals surface area contributed by atoms with Crippen LogP contribution in [0.2, 0.25) is 5.02 Å². The Hall–Kier alpha value is -0.850. The molecule has 144 valence electrons. The summed E-state index contributed by atoms with van der Waals surface area (Å²) in [5.41, 5.74) is 1.80. The summed E-state index contributed by atoms with van der Waals surface area (Å²) in [7, 11) is 0. The van der Waals surface area contributed by atoms with Crippen LogP contribution >= 0.6 is 11.6 Å². The summed E-state index contributed by atoms with van der Waals surface area (Å²) >= 11 is 6.47. The van der Waals surface area contributed by atoms with Crippen molar-refractivity contribution >= 4 is 11.6 Å². The van der Waals surface area contributed by atoms with E-state index in [9.17, 15) is 0 Å². The molecule has 1 aromatic rings. The van der Waals surface area contributed by atoms with Crippen molar-refractivity contribution in [3.63, 3.8) is 0 Å². The minimum Gasteiger partial charge on any atom is -0.491 e. The molecule has 1 atom stereocenters. The Labute approximate surface area is 161 Å². The summed E-state index contributed by atoms with van der Waals surface area (Å²) in [6.45, 7) is 10.9. The highest BCUT2D eigenvalue weighted by molar-refractivity contribution is 6.32. The maximum Gasteiger partial charge on any atom is 0.137 e. The second-order valence-corrected chi connectivity index (χ2v) is 8.36. The van der Waals surface area contributed by atoms with Gasteiger partial charge in [-0.1, -0.05) is 17.7 Å². The zero-order chi connectivity index (χ0) is 17.8. The second-order valence-electron chi connectivity index (χ2n) is 7.95. The van der Waals surface area contributed by atoms with Crippen molar-refractivity contribution in [2.24, 2.45) is 5.41 Å². The van der Waals surface area contributed by atoms with Crippen LogP contribution in [0.1, 0.15) is 18.4 Å². The van der Waals surface area contributed by atoms with Crippen LogP contribution in [-0.2, 0) is 11.3 Å². The molecule has 0 bridgehead atoms. The molecule has 3 aliphatic rings. The monoisotopic (exact) mass is 379 g/mol. The van der Waals surface area contributed by atoms with E-state index in [0.717, 1.165) is 50.2 Å². The van der Waals surface area contributed by atoms with Crippen LogP contribution in [0.5, 0.6) is 5.75 Å². The predicted molar refractivity (Wildman–Crippen MR) is 104 cm³/mol. The maximum atomic E-state index is 6.47. The van der Waals surface area contributed by atoms with E-state index in [-0.39, 0.29) is 0 Å². The normalized spacial score (nSPS) is 27.4. The van der Waals surface area contributed by atoms with Crippen molar-refractivity contribution in [2.45, 2.75) is 19.4 Å². The predicted octanol–water partition coefficient (Wildman–Crippen LogP) is 2.24. The van der Waals surface area contributed by atoms with Gasteiger partial charge in [0.05, 0.1) is 18.2 Å². The van der Waals surface area contributed by atoms with E-state index < -0.39 is 0 Å². The number of ether oxygens (including phenoxy) is 2. The Morgan fingerprint density at radius 3 is 2.81 bits per heavy atom. The van der Waals surface area contributed by atoms with Crippen molar-refractivity contribution in [2.75, 3.05) is 65.6 Å². The molecular formula is C20H30ClN3O2. The first kappa shape index (κ1) is 18.5. The number of benzene rings is 1. The van der Waals surface area contributed by atoms with E-state index in [4.69, 9.17) is 21.1 Å². The van der Waals surface area contributed by atoms with Gasteiger partial charge in [-0.05, 0) is 49.0 Å². The summed E-state index contributed by atoms with van der Waals surface area (Å²) < 4.78 is 11.3. The number of likely N-dealkylation sites (tertiary alicyclic amines) is 1. The molecule has 3 fully saturated rings. The van der Waals surface area contributed by atoms with Crippen LogP contribution in [0, 0.1) is 5.41 Å². The van der Waals surface area contributed by atoms with Crippen molar-refractivity contribution < 1.29 is 9.47 Å². The Morgan fingerprint density at radius 1 is 1.15 bits per heavy atom. The Kier molecular flexibility index (Phi) is 6.01. The lowest BCUT2D eigenvalue weighted by Crippen LogP contribution is -2.38. The number of morpholine rings is 1. The number of hydrogen-bond donors (Lipinski definition) is 1. The molecule has 0 amide bonds. The summed E-state index contributed by atoms with van der Waals surface area (Å²) in [4.78, 5) is 4.94. The molecule has 6 heteroatoms. The van der Waals surface area contributed by atoms with Crippen molar-refractivity contribution in [3.8, 4) is 5.75 Å². The molecule has 3 heterocycles. The zero-order valence-corrected chi connectivity index (χ0v) is 16.3. The van der Waals surface area contributed by atoms with Gasteiger partial charge < -0.3 is 14.8 Å². The maximum absolute atomic E-state index is 6.47. The van der Waals surface area contributed by atoms with Crippen LogP contribution in [0.3, 0.4) is 0 Å². The van der Waals surface area contributed by atoms with E-state index in [2.05, 4.69) is 27.2 Å². The Morgan fingerprint density at radius 2 is 2.04 bits per heavy atom. The SMILES string of the molecule is Clc1cc(CN2CCC3(CCNC3)C2)ccc1OCCN1CCOCC1. The lowest BCUT2D eigenvalue weighted by atomic mass is 9.86. The van der Waals surface area contributed by atoms with Gasteiger partial charge in [-0.2, -0.15) is 0 Å². The fourth-order valence-corrected chi connectivity index (χ4v) is 4.69. The molecule has 1 aromatic carbocycles. The third-order valence-corrected chi connectivity index (χ3v) is 6.32. The highest BCUT2D eigenvalue weighted by Gasteiger charge is 2.40. The minimum atomic E-state index is 0.520. The first-order valence-electron chi connectivity index (χ1n) is 9.87. The molecule has 1 unspecified atom stereocenters. The summed E-state index contributed by atoms with van der Waals surface area (Å²) in [6.07, 6.45) is 2.64. The first-order chi connectivity index (χ1) is 12.7. The van der Waals surface area contributed by atoms with Crippen molar-refractivity contribution in [1.82, 2.24) is 15.1 Å². The van der Waals surface area contributed by atoms with Crippen LogP contribution in [0.15, 0.2) is 18.2 Å². The third-order valence-electron chi connectivity index (χ3n) is 6.02. The van der Waals surface area contributed by atoms with E-state index >= 15 is 0 Å². The number of hydrogen-bond acceptors (Lipinski definition) is 5. The number of nitrogens with one attached hydrogen (secondary N) is 1. The molecule has 0 aliphatic carbocycles. The summed E-state index contributed by atoms with van der Waals surface area (Å²) in [6, 6.07) is 6.26. The van der Waals surface area contributed by atoms with Gasteiger partial charge in [0.2, 0.25) is 0 Å². The summed E-state index contributed by atoms with van der Waals surface area (Å²) in [5, 5.41) is 4.25. The molecular weight excluding hydrogens is 350 g/mol. The highest BCUT2D eigenvalue weighted by Crippen LogP contribution is 2.37. The van der Waals surface area contributed by atoms with Gasteiger partial charge in [0.1, 0.15) is 12.4 Å². The molecule has 0 aromatic heterocycles. The minimum absolute atomic E-state index is 0.520. The largest absolute Gasteiger partial charge is 0.491 e. The lowest BCUT2D eigenvalue weighted by Gasteiger charge is -2.26. The number of rotatable bonds is 6. The van der Waals surface area contributed by atoms with Crippen LogP contribution in [0.4, 0.5) is 0 Å². The van der Waals surface area contributed by atoms with E-state index in [1.807, 2.05) is 6.07 Å². The van der Waals surface area contributed by atoms with E-state index in [1.54, 1.807) is 0 Å². The quantitative estimate of drug-likeness (QED) is 0.820. The van der Waals surface area contributed by atoms with Gasteiger partial charge >= 0.3 is 0 Å². The molecule has 26 heavy (non-hydrogen) atoms. The molecule has 1 N–H and O–H groups in total. The van der Waals surface area contributed by atoms with Gasteiger partial charge in [0.15, 0.2) is 0 Å². The van der Waals surface area contributed by atoms with Gasteiger partial charge in [0.25, 0.3) is 0 Å². The van der Waals surface area contributed by atoms with Gasteiger partial charge in [-0.25, -0.2) is 0 Å².